The minimum atomic E-state index is -5.75. The lowest BCUT2D eigenvalue weighted by Gasteiger charge is -2.09. The second kappa shape index (κ2) is 12.0. The lowest BCUT2D eigenvalue weighted by atomic mass is 10.2. The van der Waals surface area contributed by atoms with Gasteiger partial charge in [-0.15, -0.1) is 0 Å². The van der Waals surface area contributed by atoms with Gasteiger partial charge in [-0.25, -0.2) is 8.42 Å². The van der Waals surface area contributed by atoms with E-state index in [0.29, 0.717) is 22.1 Å². The third-order valence-corrected chi connectivity index (χ3v) is 5.99. The Morgan fingerprint density at radius 2 is 1.11 bits per heavy atom. The van der Waals surface area contributed by atoms with Gasteiger partial charge in [0.15, 0.2) is 0 Å². The van der Waals surface area contributed by atoms with Gasteiger partial charge in [-0.05, 0) is 47.5 Å². The number of alkyl halides is 3. The van der Waals surface area contributed by atoms with E-state index in [1.165, 1.54) is 30.3 Å². The van der Waals surface area contributed by atoms with Crippen LogP contribution in [0.25, 0.3) is 12.2 Å². The molecule has 37 heavy (non-hydrogen) atoms. The molecule has 12 nitrogen and oxygen atoms in total. The van der Waals surface area contributed by atoms with E-state index in [4.69, 9.17) is 9.11 Å². The molecule has 0 radical (unpaired) electrons. The second-order valence-electron chi connectivity index (χ2n) is 6.68. The molecule has 2 aromatic rings. The highest BCUT2D eigenvalue weighted by Crippen LogP contribution is 2.27. The van der Waals surface area contributed by atoms with Crippen LogP contribution < -0.4 is 8.91 Å². The van der Waals surface area contributed by atoms with Crippen LogP contribution in [0.2, 0.25) is 0 Å². The van der Waals surface area contributed by atoms with E-state index in [2.05, 4.69) is 8.91 Å². The first-order chi connectivity index (χ1) is 16.6. The number of hydrogen-bond donors (Lipinski definition) is 3. The third-order valence-electron chi connectivity index (χ3n) is 3.45. The molecule has 0 heterocycles. The van der Waals surface area contributed by atoms with Crippen molar-refractivity contribution in [1.82, 2.24) is 0 Å². The summed E-state index contributed by atoms with van der Waals surface area (Å²) >= 11 is 0. The molecule has 0 aliphatic carbocycles. The minimum Gasteiger partial charge on any atom is -0.376 e. The Hall–Kier alpha value is -2.97. The van der Waals surface area contributed by atoms with E-state index in [9.17, 15) is 46.8 Å². The molecule has 0 fully saturated rings. The van der Waals surface area contributed by atoms with Crippen LogP contribution in [0, 0.1) is 0 Å². The van der Waals surface area contributed by atoms with Crippen molar-refractivity contribution in [3.8, 4) is 5.75 Å². The predicted octanol–water partition coefficient (Wildman–Crippen LogP) is 2.69. The van der Waals surface area contributed by atoms with Gasteiger partial charge < -0.3 is 4.18 Å². The summed E-state index contributed by atoms with van der Waals surface area (Å²) < 4.78 is 144. The molecular weight excluding hydrogens is 591 g/mol. The maximum absolute atomic E-state index is 12.0. The van der Waals surface area contributed by atoms with Crippen molar-refractivity contribution < 1.29 is 60.1 Å². The van der Waals surface area contributed by atoms with Gasteiger partial charge in [0, 0.05) is 5.69 Å². The molecule has 206 valence electrons. The standard InChI is InChI=1S/C9H7F3O6S2.C9H11NO5S2/c10-9(11,12)20(16,17)18-8-3-1-7(2-4-8)5-6-19(13,14)15;1-16(11,12)10-9-4-2-8(3-5-9)6-7-17(13,14)15/h1-6H,(H,13,14,15);2-7,10H,1H3,(H,13,14,15)/b6-5+;7-6+. The fourth-order valence-electron chi connectivity index (χ4n) is 2.01. The van der Waals surface area contributed by atoms with Crippen LogP contribution in [0.5, 0.6) is 5.75 Å². The average Bonchev–Trinajstić information content (AvgIpc) is 2.70. The second-order valence-corrected chi connectivity index (χ2v) is 12.6. The molecule has 0 saturated heterocycles. The summed E-state index contributed by atoms with van der Waals surface area (Å²) in [5.74, 6) is -0.591. The lowest BCUT2D eigenvalue weighted by molar-refractivity contribution is -0.0500. The van der Waals surface area contributed by atoms with Crippen LogP contribution in [0.1, 0.15) is 11.1 Å². The highest BCUT2D eigenvalue weighted by atomic mass is 32.2. The molecule has 0 aliphatic heterocycles. The Labute approximate surface area is 210 Å². The summed E-state index contributed by atoms with van der Waals surface area (Å²) in [7, 11) is -17.6. The molecule has 0 atom stereocenters. The van der Waals surface area contributed by atoms with Crippen molar-refractivity contribution in [1.29, 1.82) is 0 Å². The summed E-state index contributed by atoms with van der Waals surface area (Å²) in [6, 6.07) is 9.96. The van der Waals surface area contributed by atoms with Crippen LogP contribution in [0.4, 0.5) is 18.9 Å². The SMILES string of the molecule is CS(=O)(=O)Nc1ccc(/C=C/S(=O)(=O)O)cc1.O=S(=O)(O)/C=C/c1ccc(OS(=O)(=O)C(F)(F)F)cc1. The van der Waals surface area contributed by atoms with Gasteiger partial charge in [0.25, 0.3) is 20.2 Å². The minimum absolute atomic E-state index is 0.194. The Kier molecular flexibility index (Phi) is 10.4. The third kappa shape index (κ3) is 13.8. The number of nitrogens with one attached hydrogen (secondary N) is 1. The predicted molar refractivity (Wildman–Crippen MR) is 128 cm³/mol. The van der Waals surface area contributed by atoms with Crippen LogP contribution in [0.3, 0.4) is 0 Å². The van der Waals surface area contributed by atoms with Gasteiger partial charge in [0.1, 0.15) is 5.75 Å². The fraction of sp³-hybridized carbons (Fsp3) is 0.111. The topological polar surface area (TPSA) is 198 Å². The van der Waals surface area contributed by atoms with Crippen molar-refractivity contribution >= 4 is 58.2 Å². The van der Waals surface area contributed by atoms with Gasteiger partial charge in [0.05, 0.1) is 17.1 Å². The number of halogens is 3. The first-order valence-corrected chi connectivity index (χ1v) is 15.4. The average molecular weight is 610 g/mol. The van der Waals surface area contributed by atoms with Crippen LogP contribution in [-0.2, 0) is 40.4 Å². The van der Waals surface area contributed by atoms with E-state index < -0.39 is 51.6 Å². The Bertz CT molecular complexity index is 1560. The van der Waals surface area contributed by atoms with Gasteiger partial charge in [-0.1, -0.05) is 24.3 Å². The molecule has 0 aromatic heterocycles. The summed E-state index contributed by atoms with van der Waals surface area (Å²) in [6.07, 6.45) is 3.18. The first kappa shape index (κ1) is 32.1. The molecule has 0 aliphatic rings. The molecule has 0 unspecified atom stereocenters. The highest BCUT2D eigenvalue weighted by molar-refractivity contribution is 7.92. The zero-order valence-electron chi connectivity index (χ0n) is 18.3. The molecule has 3 N–H and O–H groups in total. The quantitative estimate of drug-likeness (QED) is 0.226. The Balaban J connectivity index is 0.000000375. The summed E-state index contributed by atoms with van der Waals surface area (Å²) in [5, 5.41) is 1.10. The molecule has 0 saturated carbocycles. The van der Waals surface area contributed by atoms with Gasteiger partial charge in [-0.3, -0.25) is 13.8 Å². The number of rotatable bonds is 8. The van der Waals surface area contributed by atoms with Crippen molar-refractivity contribution in [2.45, 2.75) is 5.51 Å². The van der Waals surface area contributed by atoms with Crippen LogP contribution in [-0.4, -0.2) is 54.5 Å². The number of sulfonamides is 1. The maximum Gasteiger partial charge on any atom is 0.534 e. The maximum atomic E-state index is 12.0. The first-order valence-electron chi connectivity index (χ1n) is 9.06. The Morgan fingerprint density at radius 3 is 1.43 bits per heavy atom. The molecule has 2 aromatic carbocycles. The summed E-state index contributed by atoms with van der Waals surface area (Å²) in [6.45, 7) is 0. The highest BCUT2D eigenvalue weighted by Gasteiger charge is 2.48. The largest absolute Gasteiger partial charge is 0.534 e. The molecule has 19 heteroatoms. The molecule has 0 bridgehead atoms. The zero-order valence-corrected chi connectivity index (χ0v) is 21.5. The van der Waals surface area contributed by atoms with E-state index in [-0.39, 0.29) is 5.56 Å². The number of benzene rings is 2. The molecular formula is C18H18F3NO11S4. The van der Waals surface area contributed by atoms with E-state index in [0.717, 1.165) is 36.6 Å². The van der Waals surface area contributed by atoms with Crippen LogP contribution >= 0.6 is 0 Å². The normalized spacial score (nSPS) is 13.2. The van der Waals surface area contributed by atoms with Crippen molar-refractivity contribution in [2.24, 2.45) is 0 Å². The molecule has 2 rings (SSSR count). The summed E-state index contributed by atoms with van der Waals surface area (Å²) in [5.41, 5.74) is -4.46. The molecule has 0 amide bonds. The van der Waals surface area contributed by atoms with Crippen molar-refractivity contribution in [2.75, 3.05) is 11.0 Å². The zero-order chi connectivity index (χ0) is 28.7. The van der Waals surface area contributed by atoms with Gasteiger partial charge >= 0.3 is 15.6 Å². The fourth-order valence-corrected chi connectivity index (χ4v) is 3.70. The van der Waals surface area contributed by atoms with E-state index in [1.807, 2.05) is 0 Å². The molecule has 0 spiro atoms. The summed E-state index contributed by atoms with van der Waals surface area (Å²) in [4.78, 5) is 0. The smallest absolute Gasteiger partial charge is 0.376 e. The van der Waals surface area contributed by atoms with E-state index >= 15 is 0 Å². The monoisotopic (exact) mass is 609 g/mol. The lowest BCUT2D eigenvalue weighted by Crippen LogP contribution is -2.28. The van der Waals surface area contributed by atoms with Crippen molar-refractivity contribution in [3.05, 3.63) is 70.5 Å². The van der Waals surface area contributed by atoms with Gasteiger partial charge in [-0.2, -0.15) is 38.4 Å². The number of anilines is 1. The van der Waals surface area contributed by atoms with Crippen LogP contribution in [0.15, 0.2) is 59.3 Å². The number of hydrogen-bond acceptors (Lipinski definition) is 9. The van der Waals surface area contributed by atoms with Gasteiger partial charge in [0.2, 0.25) is 10.0 Å². The Morgan fingerprint density at radius 1 is 0.730 bits per heavy atom. The van der Waals surface area contributed by atoms with E-state index in [1.54, 1.807) is 0 Å². The van der Waals surface area contributed by atoms with Crippen molar-refractivity contribution in [3.63, 3.8) is 0 Å².